The Hall–Kier alpha value is -0.240. The molecule has 2 atom stereocenters. The second kappa shape index (κ2) is 12.2. The number of aliphatic hydroxyl groups is 2. The second-order valence-electron chi connectivity index (χ2n) is 3.42. The lowest BCUT2D eigenvalue weighted by Crippen LogP contribution is -2.37. The first kappa shape index (κ1) is 16.8. The van der Waals surface area contributed by atoms with Crippen LogP contribution in [0.3, 0.4) is 0 Å². The molecule has 0 amide bonds. The van der Waals surface area contributed by atoms with E-state index < -0.39 is 12.2 Å². The summed E-state index contributed by atoms with van der Waals surface area (Å²) < 4.78 is 20.3. The van der Waals surface area contributed by atoms with Crippen molar-refractivity contribution in [2.45, 2.75) is 19.1 Å². The SMILES string of the molecule is CCOCCOCC(O)C(CO)OCCOC. The number of hydrogen-bond donors (Lipinski definition) is 2. The van der Waals surface area contributed by atoms with Crippen molar-refractivity contribution in [3.8, 4) is 0 Å². The van der Waals surface area contributed by atoms with Crippen LogP contribution < -0.4 is 0 Å². The van der Waals surface area contributed by atoms with Crippen molar-refractivity contribution in [1.29, 1.82) is 0 Å². The lowest BCUT2D eigenvalue weighted by Gasteiger charge is -2.21. The molecule has 6 nitrogen and oxygen atoms in total. The van der Waals surface area contributed by atoms with Crippen LogP contribution in [0.25, 0.3) is 0 Å². The fourth-order valence-electron chi connectivity index (χ4n) is 1.14. The molecule has 0 fully saturated rings. The van der Waals surface area contributed by atoms with Crippen molar-refractivity contribution in [1.82, 2.24) is 0 Å². The monoisotopic (exact) mass is 252 g/mol. The third-order valence-electron chi connectivity index (χ3n) is 2.09. The van der Waals surface area contributed by atoms with E-state index in [1.165, 1.54) is 0 Å². The van der Waals surface area contributed by atoms with E-state index in [1.807, 2.05) is 6.92 Å². The Morgan fingerprint density at radius 1 is 1.06 bits per heavy atom. The Kier molecular flexibility index (Phi) is 12.1. The lowest BCUT2D eigenvalue weighted by atomic mass is 10.2. The van der Waals surface area contributed by atoms with Gasteiger partial charge in [0.25, 0.3) is 0 Å². The van der Waals surface area contributed by atoms with Crippen LogP contribution in [0.2, 0.25) is 0 Å². The molecule has 0 heterocycles. The minimum absolute atomic E-state index is 0.116. The maximum absolute atomic E-state index is 9.67. The molecule has 0 radical (unpaired) electrons. The molecule has 0 aromatic rings. The van der Waals surface area contributed by atoms with Crippen molar-refractivity contribution in [3.05, 3.63) is 0 Å². The molecule has 0 aliphatic carbocycles. The molecule has 0 saturated carbocycles. The van der Waals surface area contributed by atoms with Gasteiger partial charge in [-0.05, 0) is 6.92 Å². The molecule has 0 bridgehead atoms. The maximum atomic E-state index is 9.67. The summed E-state index contributed by atoms with van der Waals surface area (Å²) >= 11 is 0. The summed E-state index contributed by atoms with van der Waals surface area (Å²) in [5.41, 5.74) is 0. The van der Waals surface area contributed by atoms with Crippen LogP contribution in [-0.4, -0.2) is 75.8 Å². The quantitative estimate of drug-likeness (QED) is 0.453. The minimum Gasteiger partial charge on any atom is -0.394 e. The van der Waals surface area contributed by atoms with E-state index in [1.54, 1.807) is 7.11 Å². The van der Waals surface area contributed by atoms with Crippen molar-refractivity contribution < 1.29 is 29.2 Å². The van der Waals surface area contributed by atoms with Crippen molar-refractivity contribution >= 4 is 0 Å². The Labute approximate surface area is 102 Å². The first-order chi connectivity index (χ1) is 8.26. The normalized spacial score (nSPS) is 14.8. The Balaban J connectivity index is 3.57. The van der Waals surface area contributed by atoms with Gasteiger partial charge in [0.05, 0.1) is 39.6 Å². The Morgan fingerprint density at radius 2 is 1.76 bits per heavy atom. The summed E-state index contributed by atoms with van der Waals surface area (Å²) in [4.78, 5) is 0. The highest BCUT2D eigenvalue weighted by molar-refractivity contribution is 4.67. The summed E-state index contributed by atoms with van der Waals surface area (Å²) in [5.74, 6) is 0. The molecule has 0 spiro atoms. The van der Waals surface area contributed by atoms with Gasteiger partial charge in [-0.1, -0.05) is 0 Å². The Bertz CT molecular complexity index is 155. The molecular weight excluding hydrogens is 228 g/mol. The average Bonchev–Trinajstić information content (AvgIpc) is 2.34. The number of methoxy groups -OCH3 is 1. The van der Waals surface area contributed by atoms with Gasteiger partial charge in [0, 0.05) is 13.7 Å². The van der Waals surface area contributed by atoms with Gasteiger partial charge >= 0.3 is 0 Å². The van der Waals surface area contributed by atoms with Crippen LogP contribution in [-0.2, 0) is 18.9 Å². The third-order valence-corrected chi connectivity index (χ3v) is 2.09. The van der Waals surface area contributed by atoms with E-state index in [0.717, 1.165) is 0 Å². The van der Waals surface area contributed by atoms with Crippen molar-refractivity contribution in [2.24, 2.45) is 0 Å². The van der Waals surface area contributed by atoms with Gasteiger partial charge in [-0.3, -0.25) is 0 Å². The zero-order valence-corrected chi connectivity index (χ0v) is 10.6. The van der Waals surface area contributed by atoms with Crippen LogP contribution in [0.1, 0.15) is 6.92 Å². The van der Waals surface area contributed by atoms with E-state index >= 15 is 0 Å². The molecular formula is C11H24O6. The molecule has 104 valence electrons. The van der Waals surface area contributed by atoms with Gasteiger partial charge in [0.15, 0.2) is 0 Å². The molecule has 0 aromatic carbocycles. The van der Waals surface area contributed by atoms with E-state index in [9.17, 15) is 5.11 Å². The van der Waals surface area contributed by atoms with Crippen molar-refractivity contribution in [3.63, 3.8) is 0 Å². The van der Waals surface area contributed by atoms with Gasteiger partial charge in [-0.2, -0.15) is 0 Å². The van der Waals surface area contributed by atoms with E-state index in [0.29, 0.717) is 33.0 Å². The standard InChI is InChI=1S/C11H24O6/c1-3-15-5-6-16-9-10(13)11(8-12)17-7-4-14-2/h10-13H,3-9H2,1-2H3. The summed E-state index contributed by atoms with van der Waals surface area (Å²) in [7, 11) is 1.56. The van der Waals surface area contributed by atoms with Crippen LogP contribution in [0.4, 0.5) is 0 Å². The molecule has 0 rings (SSSR count). The highest BCUT2D eigenvalue weighted by Crippen LogP contribution is 2.00. The number of aliphatic hydroxyl groups excluding tert-OH is 2. The van der Waals surface area contributed by atoms with Crippen LogP contribution in [0, 0.1) is 0 Å². The topological polar surface area (TPSA) is 77.4 Å². The number of ether oxygens (including phenoxy) is 4. The summed E-state index contributed by atoms with van der Waals surface area (Å²) in [5, 5.41) is 18.7. The predicted octanol–water partition coefficient (Wildman–Crippen LogP) is -0.576. The minimum atomic E-state index is -0.849. The molecule has 0 aliphatic rings. The first-order valence-electron chi connectivity index (χ1n) is 5.81. The zero-order valence-electron chi connectivity index (χ0n) is 10.6. The predicted molar refractivity (Wildman–Crippen MR) is 62.0 cm³/mol. The van der Waals surface area contributed by atoms with Gasteiger partial charge < -0.3 is 29.2 Å². The Morgan fingerprint density at radius 3 is 2.35 bits per heavy atom. The van der Waals surface area contributed by atoms with Gasteiger partial charge in [0.1, 0.15) is 12.2 Å². The van der Waals surface area contributed by atoms with Crippen LogP contribution >= 0.6 is 0 Å². The highest BCUT2D eigenvalue weighted by Gasteiger charge is 2.19. The molecule has 6 heteroatoms. The lowest BCUT2D eigenvalue weighted by molar-refractivity contribution is -0.101. The third kappa shape index (κ3) is 9.46. The molecule has 0 aliphatic heterocycles. The van der Waals surface area contributed by atoms with Crippen molar-refractivity contribution in [2.75, 3.05) is 53.4 Å². The van der Waals surface area contributed by atoms with E-state index in [-0.39, 0.29) is 13.2 Å². The average molecular weight is 252 g/mol. The fraction of sp³-hybridized carbons (Fsp3) is 1.00. The summed E-state index contributed by atoms with van der Waals surface area (Å²) in [6.45, 7) is 4.08. The second-order valence-corrected chi connectivity index (χ2v) is 3.42. The smallest absolute Gasteiger partial charge is 0.109 e. The van der Waals surface area contributed by atoms with Gasteiger partial charge in [-0.25, -0.2) is 0 Å². The molecule has 0 saturated heterocycles. The van der Waals surface area contributed by atoms with Crippen LogP contribution in [0.5, 0.6) is 0 Å². The number of hydrogen-bond acceptors (Lipinski definition) is 6. The molecule has 0 aromatic heterocycles. The van der Waals surface area contributed by atoms with Gasteiger partial charge in [-0.15, -0.1) is 0 Å². The molecule has 2 N–H and O–H groups in total. The zero-order chi connectivity index (χ0) is 12.9. The van der Waals surface area contributed by atoms with E-state index in [4.69, 9.17) is 24.1 Å². The highest BCUT2D eigenvalue weighted by atomic mass is 16.6. The fourth-order valence-corrected chi connectivity index (χ4v) is 1.14. The summed E-state index contributed by atoms with van der Waals surface area (Å²) in [6, 6.07) is 0. The van der Waals surface area contributed by atoms with E-state index in [2.05, 4.69) is 0 Å². The molecule has 17 heavy (non-hydrogen) atoms. The molecule has 2 unspecified atom stereocenters. The van der Waals surface area contributed by atoms with Crippen LogP contribution in [0.15, 0.2) is 0 Å². The van der Waals surface area contributed by atoms with Gasteiger partial charge in [0.2, 0.25) is 0 Å². The maximum Gasteiger partial charge on any atom is 0.109 e. The summed E-state index contributed by atoms with van der Waals surface area (Å²) in [6.07, 6.45) is -1.49. The largest absolute Gasteiger partial charge is 0.394 e. The first-order valence-corrected chi connectivity index (χ1v) is 5.81. The number of rotatable bonds is 12.